The Morgan fingerprint density at radius 1 is 1.35 bits per heavy atom. The molecule has 0 aromatic carbocycles. The molecule has 1 aliphatic carbocycles. The Morgan fingerprint density at radius 3 is 2.74 bits per heavy atom. The standard InChI is InChI=1S/C16H20F3N3O/c1-21(14-13(16(17,18)19)5-2-8-20-14)12-4-3-9-22(10-12)15(23)11-6-7-11/h2,5,8,11-12H,3-4,6-7,9-10H2,1H3. The van der Waals surface area contributed by atoms with Gasteiger partial charge in [-0.3, -0.25) is 4.79 Å². The highest BCUT2D eigenvalue weighted by molar-refractivity contribution is 5.81. The maximum atomic E-state index is 13.2. The number of likely N-dealkylation sites (N-methyl/N-ethyl adjacent to an activating group) is 1. The van der Waals surface area contributed by atoms with Crippen molar-refractivity contribution in [3.63, 3.8) is 0 Å². The van der Waals surface area contributed by atoms with E-state index in [2.05, 4.69) is 4.98 Å². The lowest BCUT2D eigenvalue weighted by atomic mass is 10.0. The minimum atomic E-state index is -4.43. The Labute approximate surface area is 133 Å². The molecule has 1 saturated carbocycles. The zero-order chi connectivity index (χ0) is 16.6. The van der Waals surface area contributed by atoms with Crippen LogP contribution in [0.4, 0.5) is 19.0 Å². The molecule has 1 aromatic rings. The number of nitrogens with zero attached hydrogens (tertiary/aromatic N) is 3. The molecule has 2 aliphatic rings. The first-order chi connectivity index (χ1) is 10.9. The summed E-state index contributed by atoms with van der Waals surface area (Å²) in [5, 5.41) is 0. The zero-order valence-corrected chi connectivity index (χ0v) is 13.0. The van der Waals surface area contributed by atoms with Crippen LogP contribution < -0.4 is 4.90 Å². The van der Waals surface area contributed by atoms with Crippen LogP contribution in [0.3, 0.4) is 0 Å². The predicted molar refractivity (Wildman–Crippen MR) is 80.0 cm³/mol. The Bertz CT molecular complexity index is 586. The molecule has 0 spiro atoms. The third-order valence-electron chi connectivity index (χ3n) is 4.61. The normalized spacial score (nSPS) is 22.1. The number of piperidine rings is 1. The lowest BCUT2D eigenvalue weighted by molar-refractivity contribution is -0.137. The summed E-state index contributed by atoms with van der Waals surface area (Å²) in [7, 11) is 1.63. The van der Waals surface area contributed by atoms with Crippen LogP contribution in [0.5, 0.6) is 0 Å². The molecule has 1 atom stereocenters. The van der Waals surface area contributed by atoms with E-state index in [1.54, 1.807) is 16.8 Å². The second-order valence-electron chi connectivity index (χ2n) is 6.34. The molecule has 1 saturated heterocycles. The molecule has 0 bridgehead atoms. The first-order valence-corrected chi connectivity index (χ1v) is 7.91. The number of hydrogen-bond acceptors (Lipinski definition) is 3. The predicted octanol–water partition coefficient (Wildman–Crippen LogP) is 2.94. The Morgan fingerprint density at radius 2 is 2.09 bits per heavy atom. The molecule has 7 heteroatoms. The van der Waals surface area contributed by atoms with Gasteiger partial charge in [-0.25, -0.2) is 4.98 Å². The van der Waals surface area contributed by atoms with Crippen LogP contribution in [-0.2, 0) is 11.0 Å². The van der Waals surface area contributed by atoms with Gasteiger partial charge < -0.3 is 9.80 Å². The van der Waals surface area contributed by atoms with E-state index in [1.807, 2.05) is 0 Å². The van der Waals surface area contributed by atoms with Crippen LogP contribution in [0.2, 0.25) is 0 Å². The van der Waals surface area contributed by atoms with E-state index in [-0.39, 0.29) is 23.7 Å². The highest BCUT2D eigenvalue weighted by Crippen LogP contribution is 2.36. The number of carbonyl (C=O) groups is 1. The van der Waals surface area contributed by atoms with Crippen molar-refractivity contribution in [2.45, 2.75) is 37.9 Å². The van der Waals surface area contributed by atoms with E-state index in [9.17, 15) is 18.0 Å². The van der Waals surface area contributed by atoms with Crippen molar-refractivity contribution in [2.75, 3.05) is 25.0 Å². The molecule has 23 heavy (non-hydrogen) atoms. The van der Waals surface area contributed by atoms with E-state index in [0.29, 0.717) is 13.1 Å². The third kappa shape index (κ3) is 3.43. The molecule has 0 radical (unpaired) electrons. The number of halogens is 3. The van der Waals surface area contributed by atoms with Gasteiger partial charge in [-0.1, -0.05) is 0 Å². The van der Waals surface area contributed by atoms with Gasteiger partial charge in [0.1, 0.15) is 5.82 Å². The van der Waals surface area contributed by atoms with Gasteiger partial charge >= 0.3 is 6.18 Å². The number of hydrogen-bond donors (Lipinski definition) is 0. The summed E-state index contributed by atoms with van der Waals surface area (Å²) in [6.45, 7) is 1.17. The highest BCUT2D eigenvalue weighted by atomic mass is 19.4. The van der Waals surface area contributed by atoms with Gasteiger partial charge in [0.15, 0.2) is 0 Å². The summed E-state index contributed by atoms with van der Waals surface area (Å²) in [6, 6.07) is 2.21. The van der Waals surface area contributed by atoms with Crippen molar-refractivity contribution in [1.29, 1.82) is 0 Å². The Balaban J connectivity index is 1.77. The van der Waals surface area contributed by atoms with Gasteiger partial charge in [-0.05, 0) is 37.8 Å². The van der Waals surface area contributed by atoms with E-state index < -0.39 is 11.7 Å². The minimum absolute atomic E-state index is 0.0641. The van der Waals surface area contributed by atoms with Gasteiger partial charge in [0.05, 0.1) is 5.56 Å². The maximum Gasteiger partial charge on any atom is 0.419 e. The lowest BCUT2D eigenvalue weighted by Gasteiger charge is -2.39. The fourth-order valence-corrected chi connectivity index (χ4v) is 3.13. The molecule has 2 fully saturated rings. The van der Waals surface area contributed by atoms with Crippen LogP contribution in [-0.4, -0.2) is 42.0 Å². The quantitative estimate of drug-likeness (QED) is 0.856. The van der Waals surface area contributed by atoms with Crippen LogP contribution >= 0.6 is 0 Å². The molecule has 1 amide bonds. The van der Waals surface area contributed by atoms with E-state index in [0.717, 1.165) is 31.7 Å². The maximum absolute atomic E-state index is 13.2. The second kappa shape index (κ2) is 6.02. The smallest absolute Gasteiger partial charge is 0.354 e. The van der Waals surface area contributed by atoms with Crippen LogP contribution in [0.15, 0.2) is 18.3 Å². The summed E-state index contributed by atoms with van der Waals surface area (Å²) in [6.07, 6.45) is 0.385. The fourth-order valence-electron chi connectivity index (χ4n) is 3.13. The van der Waals surface area contributed by atoms with Crippen LogP contribution in [0, 0.1) is 5.92 Å². The number of pyridine rings is 1. The van der Waals surface area contributed by atoms with Gasteiger partial charge in [0.2, 0.25) is 5.91 Å². The van der Waals surface area contributed by atoms with Crippen molar-refractivity contribution in [3.05, 3.63) is 23.9 Å². The highest BCUT2D eigenvalue weighted by Gasteiger charge is 2.39. The molecule has 0 N–H and O–H groups in total. The molecule has 126 valence electrons. The van der Waals surface area contributed by atoms with Gasteiger partial charge in [0.25, 0.3) is 0 Å². The van der Waals surface area contributed by atoms with Crippen LogP contribution in [0.25, 0.3) is 0 Å². The third-order valence-corrected chi connectivity index (χ3v) is 4.61. The van der Waals surface area contributed by atoms with Gasteiger partial charge in [0, 0.05) is 38.3 Å². The minimum Gasteiger partial charge on any atom is -0.354 e. The van der Waals surface area contributed by atoms with Gasteiger partial charge in [-0.2, -0.15) is 13.2 Å². The first-order valence-electron chi connectivity index (χ1n) is 7.91. The molecular formula is C16H20F3N3O. The van der Waals surface area contributed by atoms with Crippen molar-refractivity contribution in [3.8, 4) is 0 Å². The number of amides is 1. The summed E-state index contributed by atoms with van der Waals surface area (Å²) in [5.74, 6) is 0.227. The topological polar surface area (TPSA) is 36.4 Å². The van der Waals surface area contributed by atoms with Crippen molar-refractivity contribution in [2.24, 2.45) is 5.92 Å². The number of aromatic nitrogens is 1. The molecular weight excluding hydrogens is 307 g/mol. The lowest BCUT2D eigenvalue weighted by Crippen LogP contribution is -2.49. The van der Waals surface area contributed by atoms with E-state index in [1.165, 1.54) is 12.3 Å². The monoisotopic (exact) mass is 327 g/mol. The average molecular weight is 327 g/mol. The molecule has 4 nitrogen and oxygen atoms in total. The number of carbonyl (C=O) groups excluding carboxylic acids is 1. The van der Waals surface area contributed by atoms with E-state index in [4.69, 9.17) is 0 Å². The number of likely N-dealkylation sites (tertiary alicyclic amines) is 1. The molecule has 3 rings (SSSR count). The number of alkyl halides is 3. The summed E-state index contributed by atoms with van der Waals surface area (Å²) >= 11 is 0. The Kier molecular flexibility index (Phi) is 4.21. The molecule has 1 aromatic heterocycles. The molecule has 1 aliphatic heterocycles. The van der Waals surface area contributed by atoms with Crippen LogP contribution in [0.1, 0.15) is 31.2 Å². The van der Waals surface area contributed by atoms with Crippen molar-refractivity contribution < 1.29 is 18.0 Å². The largest absolute Gasteiger partial charge is 0.419 e. The Hall–Kier alpha value is -1.79. The van der Waals surface area contributed by atoms with Crippen molar-refractivity contribution in [1.82, 2.24) is 9.88 Å². The van der Waals surface area contributed by atoms with E-state index >= 15 is 0 Å². The molecule has 1 unspecified atom stereocenters. The summed E-state index contributed by atoms with van der Waals surface area (Å²) in [4.78, 5) is 19.5. The SMILES string of the molecule is CN(c1ncccc1C(F)(F)F)C1CCCN(C(=O)C2CC2)C1. The van der Waals surface area contributed by atoms with Crippen molar-refractivity contribution >= 4 is 11.7 Å². The fraction of sp³-hybridized carbons (Fsp3) is 0.625. The average Bonchev–Trinajstić information content (AvgIpc) is 3.37. The number of anilines is 1. The molecule has 2 heterocycles. The first kappa shape index (κ1) is 16.1. The zero-order valence-electron chi connectivity index (χ0n) is 13.0. The summed E-state index contributed by atoms with van der Waals surface area (Å²) < 4.78 is 39.5. The van der Waals surface area contributed by atoms with Gasteiger partial charge in [-0.15, -0.1) is 0 Å². The summed E-state index contributed by atoms with van der Waals surface area (Å²) in [5.41, 5.74) is -0.729. The number of rotatable bonds is 3. The second-order valence-corrected chi connectivity index (χ2v) is 6.34.